The second kappa shape index (κ2) is 6.04. The minimum atomic E-state index is -0.528. The molecule has 0 bridgehead atoms. The number of nitrogens with zero attached hydrogens (tertiary/aromatic N) is 4. The first-order valence-corrected chi connectivity index (χ1v) is 7.41. The molecule has 24 heavy (non-hydrogen) atoms. The molecule has 0 aliphatic carbocycles. The van der Waals surface area contributed by atoms with E-state index in [0.29, 0.717) is 12.5 Å². The number of anilines is 2. The van der Waals surface area contributed by atoms with Crippen molar-refractivity contribution < 1.29 is 0 Å². The van der Waals surface area contributed by atoms with Gasteiger partial charge in [-0.1, -0.05) is 17.7 Å². The Hall–Kier alpha value is -3.34. The summed E-state index contributed by atoms with van der Waals surface area (Å²) in [6.07, 6.45) is 0.219. The number of benzene rings is 1. The molecule has 0 fully saturated rings. The molecule has 0 atom stereocenters. The van der Waals surface area contributed by atoms with Crippen molar-refractivity contribution in [2.75, 3.05) is 5.32 Å². The summed E-state index contributed by atoms with van der Waals surface area (Å²) < 4.78 is 2.90. The molecule has 0 radical (unpaired) electrons. The number of nitrogens with one attached hydrogen (secondary N) is 2. The van der Waals surface area contributed by atoms with Crippen molar-refractivity contribution in [3.63, 3.8) is 0 Å². The van der Waals surface area contributed by atoms with Gasteiger partial charge < -0.3 is 9.88 Å². The van der Waals surface area contributed by atoms with E-state index in [0.717, 1.165) is 11.3 Å². The largest absolute Gasteiger partial charge is 0.329 e. The summed E-state index contributed by atoms with van der Waals surface area (Å²) in [6, 6.07) is 9.75. The number of aromatic amines is 1. The summed E-state index contributed by atoms with van der Waals surface area (Å²) >= 11 is 0. The Bertz CT molecular complexity index is 1050. The van der Waals surface area contributed by atoms with Gasteiger partial charge in [-0.2, -0.15) is 10.2 Å². The van der Waals surface area contributed by atoms with Gasteiger partial charge in [0.15, 0.2) is 11.2 Å². The van der Waals surface area contributed by atoms with E-state index < -0.39 is 11.2 Å². The van der Waals surface area contributed by atoms with Crippen LogP contribution in [0.3, 0.4) is 0 Å². The molecule has 8 heteroatoms. The Morgan fingerprint density at radius 3 is 2.67 bits per heavy atom. The third-order valence-corrected chi connectivity index (χ3v) is 3.76. The maximum absolute atomic E-state index is 12.2. The van der Waals surface area contributed by atoms with Crippen LogP contribution in [-0.2, 0) is 13.6 Å². The number of rotatable bonds is 4. The van der Waals surface area contributed by atoms with Crippen molar-refractivity contribution in [1.82, 2.24) is 19.1 Å². The minimum absolute atomic E-state index is 0.219. The quantitative estimate of drug-likeness (QED) is 0.754. The average Bonchev–Trinajstić information content (AvgIpc) is 2.92. The fourth-order valence-electron chi connectivity index (χ4n) is 2.48. The van der Waals surface area contributed by atoms with Crippen LogP contribution in [0, 0.1) is 18.3 Å². The van der Waals surface area contributed by atoms with Gasteiger partial charge in [0.1, 0.15) is 0 Å². The fraction of sp³-hybridized carbons (Fsp3) is 0.250. The molecule has 3 rings (SSSR count). The van der Waals surface area contributed by atoms with Crippen LogP contribution in [0.2, 0.25) is 0 Å². The van der Waals surface area contributed by atoms with Gasteiger partial charge in [-0.25, -0.2) is 4.79 Å². The van der Waals surface area contributed by atoms with Gasteiger partial charge in [0.05, 0.1) is 12.5 Å². The molecular formula is C16H16N6O2. The molecule has 2 heterocycles. The Balaban J connectivity index is 2.19. The van der Waals surface area contributed by atoms with Crippen molar-refractivity contribution in [1.29, 1.82) is 5.26 Å². The summed E-state index contributed by atoms with van der Waals surface area (Å²) in [5.74, 6) is 0.413. The van der Waals surface area contributed by atoms with Gasteiger partial charge in [-0.3, -0.25) is 14.3 Å². The Morgan fingerprint density at radius 2 is 2.00 bits per heavy atom. The summed E-state index contributed by atoms with van der Waals surface area (Å²) in [5, 5.41) is 12.0. The predicted octanol–water partition coefficient (Wildman–Crippen LogP) is 1.39. The maximum atomic E-state index is 12.2. The molecule has 0 spiro atoms. The van der Waals surface area contributed by atoms with Gasteiger partial charge in [0, 0.05) is 19.3 Å². The molecule has 0 amide bonds. The van der Waals surface area contributed by atoms with Gasteiger partial charge in [0.2, 0.25) is 5.95 Å². The molecule has 8 nitrogen and oxygen atoms in total. The highest BCUT2D eigenvalue weighted by Crippen LogP contribution is 2.20. The smallest absolute Gasteiger partial charge is 0.326 e. The normalized spacial score (nSPS) is 10.7. The summed E-state index contributed by atoms with van der Waals surface area (Å²) in [4.78, 5) is 30.6. The number of imidazole rings is 1. The van der Waals surface area contributed by atoms with E-state index in [4.69, 9.17) is 5.26 Å². The second-order valence-corrected chi connectivity index (χ2v) is 5.48. The van der Waals surface area contributed by atoms with E-state index in [-0.39, 0.29) is 17.6 Å². The molecule has 0 aliphatic heterocycles. The number of hydrogen-bond acceptors (Lipinski definition) is 5. The average molecular weight is 324 g/mol. The number of fused-ring (bicyclic) bond motifs is 1. The monoisotopic (exact) mass is 324 g/mol. The topological polar surface area (TPSA) is 108 Å². The highest BCUT2D eigenvalue weighted by atomic mass is 16.2. The van der Waals surface area contributed by atoms with Crippen molar-refractivity contribution in [2.24, 2.45) is 7.05 Å². The summed E-state index contributed by atoms with van der Waals surface area (Å²) in [7, 11) is 1.54. The fourth-order valence-corrected chi connectivity index (χ4v) is 2.48. The van der Waals surface area contributed by atoms with Crippen LogP contribution >= 0.6 is 0 Å². The third-order valence-electron chi connectivity index (χ3n) is 3.76. The van der Waals surface area contributed by atoms with Crippen molar-refractivity contribution >= 4 is 22.8 Å². The van der Waals surface area contributed by atoms with Crippen LogP contribution in [0.5, 0.6) is 0 Å². The molecule has 3 aromatic rings. The zero-order valence-corrected chi connectivity index (χ0v) is 13.3. The number of H-pyrrole nitrogens is 1. The lowest BCUT2D eigenvalue weighted by Gasteiger charge is -2.09. The first-order chi connectivity index (χ1) is 11.5. The third kappa shape index (κ3) is 2.67. The zero-order valence-electron chi connectivity index (χ0n) is 13.3. The molecule has 2 aromatic heterocycles. The molecule has 2 N–H and O–H groups in total. The Labute approximate surface area is 137 Å². The van der Waals surface area contributed by atoms with E-state index in [1.165, 1.54) is 11.6 Å². The minimum Gasteiger partial charge on any atom is -0.326 e. The summed E-state index contributed by atoms with van der Waals surface area (Å²) in [5.41, 5.74) is 1.42. The Kier molecular flexibility index (Phi) is 3.92. The number of hydrogen-bond donors (Lipinski definition) is 2. The highest BCUT2D eigenvalue weighted by Gasteiger charge is 2.17. The van der Waals surface area contributed by atoms with Gasteiger partial charge >= 0.3 is 5.69 Å². The lowest BCUT2D eigenvalue weighted by molar-refractivity contribution is 0.739. The predicted molar refractivity (Wildman–Crippen MR) is 90.3 cm³/mol. The molecule has 0 unspecified atom stereocenters. The van der Waals surface area contributed by atoms with Crippen molar-refractivity contribution in [3.05, 3.63) is 50.7 Å². The lowest BCUT2D eigenvalue weighted by Crippen LogP contribution is -2.29. The molecule has 0 aliphatic rings. The van der Waals surface area contributed by atoms with Crippen LogP contribution in [0.15, 0.2) is 33.9 Å². The van der Waals surface area contributed by atoms with E-state index in [1.807, 2.05) is 31.2 Å². The van der Waals surface area contributed by atoms with E-state index in [1.54, 1.807) is 4.57 Å². The van der Waals surface area contributed by atoms with Crippen LogP contribution in [0.4, 0.5) is 11.6 Å². The van der Waals surface area contributed by atoms with Crippen LogP contribution in [-0.4, -0.2) is 19.1 Å². The maximum Gasteiger partial charge on any atom is 0.329 e. The summed E-state index contributed by atoms with van der Waals surface area (Å²) in [6.45, 7) is 2.28. The number of aromatic nitrogens is 4. The van der Waals surface area contributed by atoms with Crippen molar-refractivity contribution in [3.8, 4) is 6.07 Å². The van der Waals surface area contributed by atoms with Crippen molar-refractivity contribution in [2.45, 2.75) is 19.9 Å². The molecule has 122 valence electrons. The van der Waals surface area contributed by atoms with Crippen LogP contribution in [0.25, 0.3) is 11.2 Å². The first-order valence-electron chi connectivity index (χ1n) is 7.41. The van der Waals surface area contributed by atoms with Crippen LogP contribution < -0.4 is 16.6 Å². The number of nitriles is 1. The van der Waals surface area contributed by atoms with E-state index in [9.17, 15) is 9.59 Å². The SMILES string of the molecule is Cc1ccc(Nc2nc3c(c(=O)[nH]c(=O)n3C)n2CCC#N)cc1. The van der Waals surface area contributed by atoms with E-state index in [2.05, 4.69) is 21.4 Å². The number of aryl methyl sites for hydroxylation is 3. The second-order valence-electron chi connectivity index (χ2n) is 5.48. The zero-order chi connectivity index (χ0) is 17.3. The molecule has 0 saturated carbocycles. The highest BCUT2D eigenvalue weighted by molar-refractivity contribution is 5.75. The Morgan fingerprint density at radius 1 is 1.29 bits per heavy atom. The molecule has 0 saturated heterocycles. The first kappa shape index (κ1) is 15.6. The van der Waals surface area contributed by atoms with Gasteiger partial charge in [0.25, 0.3) is 5.56 Å². The van der Waals surface area contributed by atoms with E-state index >= 15 is 0 Å². The standard InChI is InChI=1S/C16H16N6O2/c1-10-4-6-11(7-5-10)18-15-19-13-12(22(15)9-3-8-17)14(23)20-16(24)21(13)2/h4-7H,3,9H2,1-2H3,(H,18,19)(H,20,23,24). The van der Waals surface area contributed by atoms with Crippen LogP contribution in [0.1, 0.15) is 12.0 Å². The van der Waals surface area contributed by atoms with Gasteiger partial charge in [-0.05, 0) is 19.1 Å². The molecular weight excluding hydrogens is 308 g/mol. The van der Waals surface area contributed by atoms with Gasteiger partial charge in [-0.15, -0.1) is 0 Å². The molecule has 1 aromatic carbocycles. The lowest BCUT2D eigenvalue weighted by atomic mass is 10.2.